The van der Waals surface area contributed by atoms with E-state index in [9.17, 15) is 19.5 Å². The summed E-state index contributed by atoms with van der Waals surface area (Å²) in [5.41, 5.74) is 0. The van der Waals surface area contributed by atoms with Crippen LogP contribution in [0.2, 0.25) is 0 Å². The number of nitrogens with zero attached hydrogens (tertiary/aromatic N) is 1. The summed E-state index contributed by atoms with van der Waals surface area (Å²) < 4.78 is 16.9. The zero-order valence-corrected chi connectivity index (χ0v) is 31.1. The van der Waals surface area contributed by atoms with Crippen LogP contribution in [0.25, 0.3) is 0 Å². The number of rotatable bonds is 30. The molecular formula is C41H65NO7. The second-order valence-corrected chi connectivity index (χ2v) is 12.7. The molecule has 0 aromatic rings. The van der Waals surface area contributed by atoms with E-state index in [1.54, 1.807) is 27.2 Å². The number of quaternary nitrogens is 1. The molecule has 49 heavy (non-hydrogen) atoms. The van der Waals surface area contributed by atoms with Crippen molar-refractivity contribution in [2.45, 2.75) is 116 Å². The van der Waals surface area contributed by atoms with Gasteiger partial charge in [0.1, 0.15) is 12.6 Å². The highest BCUT2D eigenvalue weighted by atomic mass is 16.6. The van der Waals surface area contributed by atoms with Gasteiger partial charge < -0.3 is 28.6 Å². The lowest BCUT2D eigenvalue weighted by molar-refractivity contribution is -0.889. The van der Waals surface area contributed by atoms with Crippen LogP contribution < -0.4 is 5.11 Å². The summed E-state index contributed by atoms with van der Waals surface area (Å²) >= 11 is 0. The van der Waals surface area contributed by atoms with E-state index in [1.165, 1.54) is 0 Å². The first-order valence-electron chi connectivity index (χ1n) is 18.1. The summed E-state index contributed by atoms with van der Waals surface area (Å²) in [4.78, 5) is 36.5. The second kappa shape index (κ2) is 31.8. The fourth-order valence-corrected chi connectivity index (χ4v) is 4.53. The molecule has 0 saturated carbocycles. The Morgan fingerprint density at radius 1 is 0.633 bits per heavy atom. The van der Waals surface area contributed by atoms with Crippen LogP contribution >= 0.6 is 0 Å². The van der Waals surface area contributed by atoms with Crippen LogP contribution in [0, 0.1) is 0 Å². The molecule has 0 heterocycles. The van der Waals surface area contributed by atoms with Gasteiger partial charge in [-0.05, 0) is 64.2 Å². The molecule has 8 nitrogen and oxygen atoms in total. The summed E-state index contributed by atoms with van der Waals surface area (Å²) in [6.45, 7) is 4.23. The Morgan fingerprint density at radius 2 is 1.14 bits per heavy atom. The summed E-state index contributed by atoms with van der Waals surface area (Å²) in [6, 6.07) is -0.747. The lowest BCUT2D eigenvalue weighted by atomic mass is 10.1. The molecule has 2 unspecified atom stereocenters. The fourth-order valence-electron chi connectivity index (χ4n) is 4.53. The molecule has 0 spiro atoms. The Balaban J connectivity index is 4.56. The third-order valence-electron chi connectivity index (χ3n) is 7.31. The van der Waals surface area contributed by atoms with Crippen LogP contribution in [-0.2, 0) is 28.6 Å². The van der Waals surface area contributed by atoms with Crippen LogP contribution in [0.3, 0.4) is 0 Å². The van der Waals surface area contributed by atoms with Crippen molar-refractivity contribution >= 4 is 17.9 Å². The maximum absolute atomic E-state index is 12.5. The predicted octanol–water partition coefficient (Wildman–Crippen LogP) is 7.68. The number of carbonyl (C=O) groups is 3. The minimum absolute atomic E-state index is 0.0114. The summed E-state index contributed by atoms with van der Waals surface area (Å²) in [5, 5.41) is 11.5. The number of hydrogen-bond acceptors (Lipinski definition) is 7. The third kappa shape index (κ3) is 30.3. The van der Waals surface area contributed by atoms with Crippen molar-refractivity contribution in [3.63, 3.8) is 0 Å². The average molecular weight is 684 g/mol. The van der Waals surface area contributed by atoms with E-state index in [0.717, 1.165) is 64.2 Å². The first-order chi connectivity index (χ1) is 23.6. The fraction of sp³-hybridized carbons (Fsp3) is 0.585. The predicted molar refractivity (Wildman–Crippen MR) is 198 cm³/mol. The minimum Gasteiger partial charge on any atom is -0.544 e. The highest BCUT2D eigenvalue weighted by Crippen LogP contribution is 2.10. The monoisotopic (exact) mass is 683 g/mol. The number of allylic oxidation sites excluding steroid dienone is 13. The largest absolute Gasteiger partial charge is 0.544 e. The van der Waals surface area contributed by atoms with Gasteiger partial charge in [-0.25, -0.2) is 0 Å². The van der Waals surface area contributed by atoms with Gasteiger partial charge in [-0.3, -0.25) is 9.59 Å². The van der Waals surface area contributed by atoms with Gasteiger partial charge >= 0.3 is 11.9 Å². The van der Waals surface area contributed by atoms with E-state index >= 15 is 0 Å². The summed E-state index contributed by atoms with van der Waals surface area (Å²) in [5.74, 6) is -1.95. The maximum Gasteiger partial charge on any atom is 0.310 e. The topological polar surface area (TPSA) is 102 Å². The van der Waals surface area contributed by atoms with Crippen molar-refractivity contribution in [1.82, 2.24) is 0 Å². The number of likely N-dealkylation sites (N-methyl/N-ethyl adjacent to an activating group) is 1. The van der Waals surface area contributed by atoms with Gasteiger partial charge in [0.05, 0.1) is 46.7 Å². The highest BCUT2D eigenvalue weighted by molar-refractivity contribution is 5.71. The smallest absolute Gasteiger partial charge is 0.310 e. The van der Waals surface area contributed by atoms with Crippen LogP contribution in [0.15, 0.2) is 85.1 Å². The normalized spacial score (nSPS) is 14.1. The zero-order valence-electron chi connectivity index (χ0n) is 31.1. The molecule has 0 saturated heterocycles. The molecule has 0 bridgehead atoms. The number of carboxylic acid groups (broad SMARTS) is 1. The number of carbonyl (C=O) groups excluding carboxylic acids is 3. The van der Waals surface area contributed by atoms with Gasteiger partial charge in [0, 0.05) is 12.8 Å². The molecule has 0 amide bonds. The molecule has 0 aliphatic carbocycles. The molecule has 0 aliphatic rings. The Morgan fingerprint density at radius 3 is 1.65 bits per heavy atom. The number of aliphatic carboxylic acids is 1. The molecule has 0 aliphatic heterocycles. The van der Waals surface area contributed by atoms with Gasteiger partial charge in [0.25, 0.3) is 0 Å². The molecule has 0 aromatic carbocycles. The van der Waals surface area contributed by atoms with Crippen molar-refractivity contribution in [2.75, 3.05) is 41.0 Å². The highest BCUT2D eigenvalue weighted by Gasteiger charge is 2.25. The molecule has 0 rings (SSSR count). The van der Waals surface area contributed by atoms with Crippen LogP contribution in [0.1, 0.15) is 104 Å². The molecule has 0 N–H and O–H groups in total. The number of esters is 2. The number of carboxylic acids is 1. The van der Waals surface area contributed by atoms with Crippen molar-refractivity contribution in [3.05, 3.63) is 85.1 Å². The van der Waals surface area contributed by atoms with Gasteiger partial charge in [-0.1, -0.05) is 105 Å². The van der Waals surface area contributed by atoms with Crippen LogP contribution in [0.5, 0.6) is 0 Å². The Kier molecular flexibility index (Phi) is 29.5. The number of unbranched alkanes of at least 4 members (excludes halogenated alkanes) is 3. The lowest BCUT2D eigenvalue weighted by Crippen LogP contribution is -2.55. The molecule has 0 fully saturated rings. The van der Waals surface area contributed by atoms with E-state index in [2.05, 4.69) is 80.7 Å². The van der Waals surface area contributed by atoms with Gasteiger partial charge in [-0.2, -0.15) is 0 Å². The van der Waals surface area contributed by atoms with E-state index in [4.69, 9.17) is 14.2 Å². The molecular weight excluding hydrogens is 618 g/mol. The standard InChI is InChI=1S/C41H65NO7/c1-6-8-10-12-14-16-17-18-19-20-21-22-24-25-27-29-31-39(43)48-36-37(35-47-34-33-38(41(45)46)42(3,4)5)49-40(44)32-30-28-26-23-15-13-11-9-7-2/h8-11,14-16,18-19,21-23,28,30,37-38H,6-7,12-13,17,20,24-27,29,31-36H2,1-5H3/b10-8+,11-9+,16-14+,19-18+,22-21+,23-15+,30-28+. The zero-order chi connectivity index (χ0) is 36.4. The van der Waals surface area contributed by atoms with Crippen LogP contribution in [-0.4, -0.2) is 75.5 Å². The lowest BCUT2D eigenvalue weighted by Gasteiger charge is -2.34. The van der Waals surface area contributed by atoms with Crippen molar-refractivity contribution < 1.29 is 38.2 Å². The quantitative estimate of drug-likeness (QED) is 0.0331. The summed E-state index contributed by atoms with van der Waals surface area (Å²) in [7, 11) is 5.34. The SMILES string of the molecule is CC/C=C/C/C=C/C/C=C/C/C=C/CCCCCC(=O)OCC(COCCC(C(=O)[O-])[N+](C)(C)C)OC(=O)C/C=C/C/C=C/C/C=C/CC. The van der Waals surface area contributed by atoms with Crippen molar-refractivity contribution in [2.24, 2.45) is 0 Å². The van der Waals surface area contributed by atoms with Gasteiger partial charge in [-0.15, -0.1) is 0 Å². The Labute approximate surface area is 297 Å². The molecule has 0 aromatic heterocycles. The Bertz CT molecular complexity index is 1080. The van der Waals surface area contributed by atoms with Crippen molar-refractivity contribution in [1.29, 1.82) is 0 Å². The van der Waals surface area contributed by atoms with Crippen molar-refractivity contribution in [3.8, 4) is 0 Å². The second-order valence-electron chi connectivity index (χ2n) is 12.7. The van der Waals surface area contributed by atoms with E-state index in [1.807, 2.05) is 12.2 Å². The number of ether oxygens (including phenoxy) is 3. The maximum atomic E-state index is 12.5. The first kappa shape index (κ1) is 45.5. The van der Waals surface area contributed by atoms with E-state index in [0.29, 0.717) is 6.42 Å². The average Bonchev–Trinajstić information content (AvgIpc) is 3.05. The molecule has 8 heteroatoms. The van der Waals surface area contributed by atoms with E-state index in [-0.39, 0.29) is 49.5 Å². The van der Waals surface area contributed by atoms with Crippen LogP contribution in [0.4, 0.5) is 0 Å². The molecule has 2 atom stereocenters. The molecule has 0 radical (unpaired) electrons. The molecule has 276 valence electrons. The van der Waals surface area contributed by atoms with Gasteiger partial charge in [0.2, 0.25) is 0 Å². The van der Waals surface area contributed by atoms with Gasteiger partial charge in [0.15, 0.2) is 6.10 Å². The van der Waals surface area contributed by atoms with E-state index < -0.39 is 24.1 Å². The first-order valence-corrected chi connectivity index (χ1v) is 18.1. The Hall–Kier alpha value is -3.49. The number of hydrogen-bond donors (Lipinski definition) is 0. The summed E-state index contributed by atoms with van der Waals surface area (Å²) in [6.07, 6.45) is 39.4. The minimum atomic E-state index is -1.15. The third-order valence-corrected chi connectivity index (χ3v) is 7.31.